The summed E-state index contributed by atoms with van der Waals surface area (Å²) in [5.41, 5.74) is 3.10. The molecular weight excluding hydrogens is 376 g/mol. The molecule has 2 aromatic carbocycles. The molecule has 1 saturated heterocycles. The van der Waals surface area contributed by atoms with Crippen LogP contribution in [0.1, 0.15) is 12.7 Å². The number of nitrogens with zero attached hydrogens (tertiary/aromatic N) is 5. The molecule has 7 nitrogen and oxygen atoms in total. The van der Waals surface area contributed by atoms with E-state index in [-0.39, 0.29) is 0 Å². The van der Waals surface area contributed by atoms with Crippen LogP contribution < -0.4 is 10.2 Å². The van der Waals surface area contributed by atoms with Gasteiger partial charge in [-0.2, -0.15) is 0 Å². The Morgan fingerprint density at radius 1 is 1.07 bits per heavy atom. The smallest absolute Gasteiger partial charge is 0.194 e. The molecule has 1 aliphatic rings. The van der Waals surface area contributed by atoms with E-state index >= 15 is 0 Å². The molecule has 0 unspecified atom stereocenters. The molecule has 0 bridgehead atoms. The van der Waals surface area contributed by atoms with Crippen molar-refractivity contribution in [1.82, 2.24) is 19.8 Å². The summed E-state index contributed by atoms with van der Waals surface area (Å²) in [6.45, 7) is 9.93. The number of fused-ring (bicyclic) bond motifs is 1. The number of benzene rings is 2. The molecule has 2 heterocycles. The van der Waals surface area contributed by atoms with Gasteiger partial charge in [0.05, 0.1) is 23.3 Å². The Morgan fingerprint density at radius 2 is 1.80 bits per heavy atom. The number of phenolic OH excluding ortho intramolecular Hbond substituents is 1. The van der Waals surface area contributed by atoms with Gasteiger partial charge in [0.25, 0.3) is 0 Å². The van der Waals surface area contributed by atoms with Gasteiger partial charge in [-0.3, -0.25) is 4.99 Å². The van der Waals surface area contributed by atoms with E-state index in [1.54, 1.807) is 6.07 Å². The first-order valence-electron chi connectivity index (χ1n) is 10.7. The maximum Gasteiger partial charge on any atom is 0.194 e. The van der Waals surface area contributed by atoms with E-state index in [0.717, 1.165) is 67.8 Å². The molecule has 0 atom stereocenters. The molecule has 1 aromatic heterocycles. The molecule has 0 amide bonds. The second-order valence-corrected chi connectivity index (χ2v) is 7.50. The molecule has 0 spiro atoms. The van der Waals surface area contributed by atoms with Gasteiger partial charge >= 0.3 is 0 Å². The molecule has 0 saturated carbocycles. The van der Waals surface area contributed by atoms with Crippen LogP contribution in [0.2, 0.25) is 0 Å². The van der Waals surface area contributed by atoms with E-state index in [1.807, 2.05) is 31.2 Å². The fraction of sp³-hybridized carbons (Fsp3) is 0.391. The van der Waals surface area contributed by atoms with Crippen LogP contribution in [0.4, 0.5) is 5.69 Å². The number of aromatic nitrogens is 2. The molecule has 158 valence electrons. The lowest BCUT2D eigenvalue weighted by atomic mass is 10.2. The van der Waals surface area contributed by atoms with Crippen LogP contribution in [0.25, 0.3) is 11.0 Å². The van der Waals surface area contributed by atoms with Crippen molar-refractivity contribution < 1.29 is 5.11 Å². The number of hydrogen-bond acceptors (Lipinski definition) is 4. The maximum atomic E-state index is 10.1. The summed E-state index contributed by atoms with van der Waals surface area (Å²) in [6.07, 6.45) is 0. The zero-order valence-electron chi connectivity index (χ0n) is 17.8. The van der Waals surface area contributed by atoms with Gasteiger partial charge in [-0.25, -0.2) is 4.98 Å². The molecule has 0 aliphatic carbocycles. The lowest BCUT2D eigenvalue weighted by Gasteiger charge is -2.37. The Bertz CT molecular complexity index is 1020. The summed E-state index contributed by atoms with van der Waals surface area (Å²) >= 11 is 0. The Balaban J connectivity index is 1.41. The quantitative estimate of drug-likeness (QED) is 0.504. The zero-order valence-corrected chi connectivity index (χ0v) is 17.8. The molecule has 0 radical (unpaired) electrons. The van der Waals surface area contributed by atoms with Crippen molar-refractivity contribution in [1.29, 1.82) is 0 Å². The number of hydrogen-bond donors (Lipinski definition) is 2. The standard InChI is InChI=1S/C23H30N6O/c1-3-24-23(25-12-13-29-18(2)26-19-8-4-5-9-20(19)29)28-16-14-27(15-17-28)21-10-6-7-11-22(21)30/h4-11,30H,3,12-17H2,1-2H3,(H,24,25). The molecule has 30 heavy (non-hydrogen) atoms. The van der Waals surface area contributed by atoms with Gasteiger partial charge in [-0.05, 0) is 38.1 Å². The maximum absolute atomic E-state index is 10.1. The fourth-order valence-corrected chi connectivity index (χ4v) is 4.05. The lowest BCUT2D eigenvalue weighted by Crippen LogP contribution is -2.52. The molecule has 1 aliphatic heterocycles. The number of imidazole rings is 1. The van der Waals surface area contributed by atoms with Crippen LogP contribution in [0.15, 0.2) is 53.5 Å². The predicted octanol–water partition coefficient (Wildman–Crippen LogP) is 2.84. The van der Waals surface area contributed by atoms with Crippen LogP contribution in [-0.4, -0.2) is 64.8 Å². The Morgan fingerprint density at radius 3 is 2.57 bits per heavy atom. The minimum atomic E-state index is 0.342. The number of piperazine rings is 1. The minimum Gasteiger partial charge on any atom is -0.506 e. The first-order chi connectivity index (χ1) is 14.7. The summed E-state index contributed by atoms with van der Waals surface area (Å²) < 4.78 is 2.23. The van der Waals surface area contributed by atoms with Crippen LogP contribution in [-0.2, 0) is 6.54 Å². The Hall–Kier alpha value is -3.22. The molecule has 4 rings (SSSR count). The highest BCUT2D eigenvalue weighted by Crippen LogP contribution is 2.27. The second kappa shape index (κ2) is 9.07. The van der Waals surface area contributed by atoms with E-state index < -0.39 is 0 Å². The van der Waals surface area contributed by atoms with Gasteiger partial charge < -0.3 is 24.8 Å². The van der Waals surface area contributed by atoms with E-state index in [0.29, 0.717) is 12.3 Å². The van der Waals surface area contributed by atoms with Gasteiger partial charge in [0.2, 0.25) is 0 Å². The van der Waals surface area contributed by atoms with Crippen LogP contribution in [0, 0.1) is 6.92 Å². The topological polar surface area (TPSA) is 68.9 Å². The average molecular weight is 407 g/mol. The molecule has 1 fully saturated rings. The van der Waals surface area contributed by atoms with Crippen LogP contribution >= 0.6 is 0 Å². The Kier molecular flexibility index (Phi) is 6.07. The monoisotopic (exact) mass is 406 g/mol. The second-order valence-electron chi connectivity index (χ2n) is 7.50. The van der Waals surface area contributed by atoms with Crippen molar-refractivity contribution in [2.45, 2.75) is 20.4 Å². The van der Waals surface area contributed by atoms with E-state index in [2.05, 4.69) is 49.8 Å². The van der Waals surface area contributed by atoms with Gasteiger partial charge in [0.1, 0.15) is 11.6 Å². The fourth-order valence-electron chi connectivity index (χ4n) is 4.05. The molecule has 2 N–H and O–H groups in total. The third kappa shape index (κ3) is 4.20. The summed E-state index contributed by atoms with van der Waals surface area (Å²) in [5, 5.41) is 13.6. The first-order valence-corrected chi connectivity index (χ1v) is 10.7. The number of aromatic hydroxyl groups is 1. The largest absolute Gasteiger partial charge is 0.506 e. The number of anilines is 1. The van der Waals surface area contributed by atoms with Crippen molar-refractivity contribution in [3.8, 4) is 5.75 Å². The van der Waals surface area contributed by atoms with E-state index in [9.17, 15) is 5.11 Å². The van der Waals surface area contributed by atoms with Crippen LogP contribution in [0.5, 0.6) is 5.75 Å². The van der Waals surface area contributed by atoms with Gasteiger partial charge in [-0.1, -0.05) is 24.3 Å². The number of guanidine groups is 1. The third-order valence-corrected chi connectivity index (χ3v) is 5.57. The van der Waals surface area contributed by atoms with Crippen molar-refractivity contribution in [2.24, 2.45) is 4.99 Å². The van der Waals surface area contributed by atoms with Crippen molar-refractivity contribution in [2.75, 3.05) is 44.2 Å². The molecular formula is C23H30N6O. The first kappa shape index (κ1) is 20.1. The lowest BCUT2D eigenvalue weighted by molar-refractivity contribution is 0.369. The SMILES string of the molecule is CCNC(=NCCn1c(C)nc2ccccc21)N1CCN(c2ccccc2O)CC1. The summed E-state index contributed by atoms with van der Waals surface area (Å²) in [5.74, 6) is 2.32. The highest BCUT2D eigenvalue weighted by molar-refractivity contribution is 5.80. The molecule has 7 heteroatoms. The normalized spacial score (nSPS) is 15.1. The highest BCUT2D eigenvalue weighted by Gasteiger charge is 2.21. The number of aliphatic imine (C=N–C) groups is 1. The average Bonchev–Trinajstić information content (AvgIpc) is 3.09. The van der Waals surface area contributed by atoms with Crippen molar-refractivity contribution >= 4 is 22.7 Å². The minimum absolute atomic E-state index is 0.342. The van der Waals surface area contributed by atoms with Gasteiger partial charge in [0, 0.05) is 39.3 Å². The predicted molar refractivity (Wildman–Crippen MR) is 122 cm³/mol. The number of aryl methyl sites for hydroxylation is 1. The van der Waals surface area contributed by atoms with Crippen molar-refractivity contribution in [3.63, 3.8) is 0 Å². The van der Waals surface area contributed by atoms with Gasteiger partial charge in [-0.15, -0.1) is 0 Å². The zero-order chi connectivity index (χ0) is 20.9. The number of rotatable bonds is 5. The number of nitrogens with one attached hydrogen (secondary N) is 1. The van der Waals surface area contributed by atoms with Gasteiger partial charge in [0.15, 0.2) is 5.96 Å². The molecule has 3 aromatic rings. The number of para-hydroxylation sites is 4. The highest BCUT2D eigenvalue weighted by atomic mass is 16.3. The van der Waals surface area contributed by atoms with Crippen LogP contribution in [0.3, 0.4) is 0 Å². The summed E-state index contributed by atoms with van der Waals surface area (Å²) in [6, 6.07) is 15.8. The van der Waals surface area contributed by atoms with Crippen molar-refractivity contribution in [3.05, 3.63) is 54.4 Å². The van der Waals surface area contributed by atoms with E-state index in [1.165, 1.54) is 0 Å². The third-order valence-electron chi connectivity index (χ3n) is 5.57. The Labute approximate surface area is 177 Å². The van der Waals surface area contributed by atoms with E-state index in [4.69, 9.17) is 4.99 Å². The summed E-state index contributed by atoms with van der Waals surface area (Å²) in [4.78, 5) is 14.1. The number of phenols is 1. The summed E-state index contributed by atoms with van der Waals surface area (Å²) in [7, 11) is 0.